The number of hydrogen-bond acceptors (Lipinski definition) is 8. The molecule has 5 atom stereocenters. The van der Waals surface area contributed by atoms with Gasteiger partial charge in [0.05, 0.1) is 48.4 Å². The number of hydrogen-bond donors (Lipinski definition) is 2. The molecular weight excluding hydrogens is 534 g/mol. The number of nitrogens with zero attached hydrogens (tertiary/aromatic N) is 2. The van der Waals surface area contributed by atoms with E-state index in [1.54, 1.807) is 42.6 Å². The van der Waals surface area contributed by atoms with Gasteiger partial charge in [-0.3, -0.25) is 4.98 Å². The third-order valence-electron chi connectivity index (χ3n) is 7.15. The molecule has 0 radical (unpaired) electrons. The van der Waals surface area contributed by atoms with E-state index in [4.69, 9.17) is 14.2 Å². The van der Waals surface area contributed by atoms with Crippen LogP contribution in [0.25, 0.3) is 0 Å². The minimum absolute atomic E-state index is 0.0341. The highest BCUT2D eigenvalue weighted by atomic mass is 32.2. The molecule has 5 rings (SSSR count). The SMILES string of the molecule is O=C(N[C@@H](Cc1ccccc1)[C@H](O)CN(Cc1ccccn1)S(=O)(=O)c1ccccc1)OC1COC2OCCC12. The van der Waals surface area contributed by atoms with Crippen LogP contribution in [0.5, 0.6) is 0 Å². The molecule has 3 aromatic rings. The molecule has 2 aliphatic heterocycles. The Morgan fingerprint density at radius 1 is 1.05 bits per heavy atom. The molecule has 3 heterocycles. The molecule has 0 bridgehead atoms. The third-order valence-corrected chi connectivity index (χ3v) is 8.97. The van der Waals surface area contributed by atoms with E-state index in [1.165, 1.54) is 16.4 Å². The standard InChI is InChI=1S/C29H33N3O7S/c33-26(19-32(18-22-11-7-8-15-30-22)40(35,36)23-12-5-2-6-13-23)25(17-21-9-3-1-4-10-21)31-29(34)39-27-20-38-28-24(27)14-16-37-28/h1-13,15,24-28,33H,14,16-20H2,(H,31,34)/t24?,25-,26+,27?,28?/m0/s1. The number of alkyl carbamates (subject to hydrolysis) is 1. The highest BCUT2D eigenvalue weighted by Crippen LogP contribution is 2.33. The average molecular weight is 568 g/mol. The first-order chi connectivity index (χ1) is 19.4. The number of sulfonamides is 1. The molecule has 212 valence electrons. The summed E-state index contributed by atoms with van der Waals surface area (Å²) in [4.78, 5) is 17.4. The van der Waals surface area contributed by atoms with Crippen molar-refractivity contribution < 1.29 is 32.5 Å². The minimum Gasteiger partial charge on any atom is -0.443 e. The van der Waals surface area contributed by atoms with E-state index < -0.39 is 34.4 Å². The molecule has 3 unspecified atom stereocenters. The Bertz CT molecular complexity index is 1350. The maximum Gasteiger partial charge on any atom is 0.407 e. The van der Waals surface area contributed by atoms with Gasteiger partial charge in [0.2, 0.25) is 10.0 Å². The summed E-state index contributed by atoms with van der Waals surface area (Å²) in [5.41, 5.74) is 1.39. The van der Waals surface area contributed by atoms with Gasteiger partial charge < -0.3 is 24.6 Å². The van der Waals surface area contributed by atoms with Gasteiger partial charge in [-0.25, -0.2) is 13.2 Å². The fraction of sp³-hybridized carbons (Fsp3) is 0.379. The van der Waals surface area contributed by atoms with Crippen LogP contribution in [0, 0.1) is 5.92 Å². The number of carbonyl (C=O) groups excluding carboxylic acids is 1. The summed E-state index contributed by atoms with van der Waals surface area (Å²) in [5, 5.41) is 14.2. The van der Waals surface area contributed by atoms with Crippen molar-refractivity contribution >= 4 is 16.1 Å². The zero-order valence-corrected chi connectivity index (χ0v) is 22.7. The van der Waals surface area contributed by atoms with Crippen LogP contribution in [0.4, 0.5) is 4.79 Å². The lowest BCUT2D eigenvalue weighted by atomic mass is 10.0. The molecule has 1 amide bonds. The lowest BCUT2D eigenvalue weighted by molar-refractivity contribution is -0.0907. The first-order valence-electron chi connectivity index (χ1n) is 13.3. The minimum atomic E-state index is -4.00. The summed E-state index contributed by atoms with van der Waals surface area (Å²) in [6, 6.07) is 21.8. The van der Waals surface area contributed by atoms with Crippen LogP contribution >= 0.6 is 0 Å². The van der Waals surface area contributed by atoms with E-state index in [0.717, 1.165) is 12.0 Å². The number of ether oxygens (including phenoxy) is 3. The van der Waals surface area contributed by atoms with Gasteiger partial charge in [-0.15, -0.1) is 0 Å². The number of amides is 1. The second kappa shape index (κ2) is 12.9. The summed E-state index contributed by atoms with van der Waals surface area (Å²) < 4.78 is 45.3. The zero-order chi connectivity index (χ0) is 28.0. The molecule has 40 heavy (non-hydrogen) atoms. The van der Waals surface area contributed by atoms with Gasteiger partial charge in [0.25, 0.3) is 0 Å². The van der Waals surface area contributed by atoms with E-state index in [9.17, 15) is 18.3 Å². The Balaban J connectivity index is 1.35. The summed E-state index contributed by atoms with van der Waals surface area (Å²) in [6.07, 6.45) is -0.218. The van der Waals surface area contributed by atoms with E-state index in [-0.39, 0.29) is 43.2 Å². The molecular formula is C29H33N3O7S. The van der Waals surface area contributed by atoms with Crippen LogP contribution in [0.1, 0.15) is 17.7 Å². The highest BCUT2D eigenvalue weighted by Gasteiger charge is 2.44. The van der Waals surface area contributed by atoms with Crippen LogP contribution in [0.15, 0.2) is 90.0 Å². The summed E-state index contributed by atoms with van der Waals surface area (Å²) in [5.74, 6) is -0.0341. The van der Waals surface area contributed by atoms with Crippen molar-refractivity contribution in [2.75, 3.05) is 19.8 Å². The topological polar surface area (TPSA) is 127 Å². The molecule has 2 fully saturated rings. The van der Waals surface area contributed by atoms with Gasteiger partial charge in [-0.2, -0.15) is 4.31 Å². The fourth-order valence-electron chi connectivity index (χ4n) is 5.02. The number of aliphatic hydroxyl groups is 1. The molecule has 2 aliphatic rings. The Kier molecular flexibility index (Phi) is 9.08. The van der Waals surface area contributed by atoms with Gasteiger partial charge in [0.15, 0.2) is 6.29 Å². The number of pyridine rings is 1. The molecule has 2 saturated heterocycles. The maximum atomic E-state index is 13.7. The number of rotatable bonds is 11. The van der Waals surface area contributed by atoms with Crippen molar-refractivity contribution in [1.29, 1.82) is 0 Å². The van der Waals surface area contributed by atoms with Crippen molar-refractivity contribution in [3.05, 3.63) is 96.3 Å². The molecule has 0 aliphatic carbocycles. The number of carbonyl (C=O) groups is 1. The molecule has 2 aromatic carbocycles. The Morgan fingerprint density at radius 3 is 2.50 bits per heavy atom. The van der Waals surface area contributed by atoms with E-state index >= 15 is 0 Å². The second-order valence-corrected chi connectivity index (χ2v) is 11.8. The molecule has 10 nitrogen and oxygen atoms in total. The smallest absolute Gasteiger partial charge is 0.407 e. The van der Waals surface area contributed by atoms with Crippen LogP contribution < -0.4 is 5.32 Å². The average Bonchev–Trinajstić information content (AvgIpc) is 3.59. The lowest BCUT2D eigenvalue weighted by Crippen LogP contribution is -2.51. The van der Waals surface area contributed by atoms with Crippen molar-refractivity contribution in [2.45, 2.75) is 48.8 Å². The molecule has 0 saturated carbocycles. The Labute approximate surface area is 233 Å². The van der Waals surface area contributed by atoms with Gasteiger partial charge >= 0.3 is 6.09 Å². The number of aliphatic hydroxyl groups excluding tert-OH is 1. The normalized spacial score (nSPS) is 22.0. The van der Waals surface area contributed by atoms with Gasteiger partial charge in [-0.05, 0) is 42.7 Å². The van der Waals surface area contributed by atoms with Gasteiger partial charge in [-0.1, -0.05) is 54.6 Å². The summed E-state index contributed by atoms with van der Waals surface area (Å²) in [7, 11) is -4.00. The fourth-order valence-corrected chi connectivity index (χ4v) is 6.47. The van der Waals surface area contributed by atoms with Crippen molar-refractivity contribution in [3.63, 3.8) is 0 Å². The third kappa shape index (κ3) is 6.86. The second-order valence-electron chi connectivity index (χ2n) is 9.91. The van der Waals surface area contributed by atoms with Gasteiger partial charge in [0, 0.05) is 12.7 Å². The van der Waals surface area contributed by atoms with Crippen LogP contribution in [-0.2, 0) is 37.2 Å². The molecule has 11 heteroatoms. The van der Waals surface area contributed by atoms with Crippen molar-refractivity contribution in [3.8, 4) is 0 Å². The Morgan fingerprint density at radius 2 is 1.77 bits per heavy atom. The summed E-state index contributed by atoms with van der Waals surface area (Å²) in [6.45, 7) is 0.451. The first-order valence-corrected chi connectivity index (χ1v) is 14.7. The monoisotopic (exact) mass is 567 g/mol. The van der Waals surface area contributed by atoms with Crippen LogP contribution in [0.3, 0.4) is 0 Å². The highest BCUT2D eigenvalue weighted by molar-refractivity contribution is 7.89. The van der Waals surface area contributed by atoms with E-state index in [2.05, 4.69) is 10.3 Å². The number of aromatic nitrogens is 1. The first kappa shape index (κ1) is 28.2. The molecule has 0 spiro atoms. The van der Waals surface area contributed by atoms with E-state index in [1.807, 2.05) is 30.3 Å². The number of benzene rings is 2. The summed E-state index contributed by atoms with van der Waals surface area (Å²) >= 11 is 0. The number of fused-ring (bicyclic) bond motifs is 1. The molecule has 2 N–H and O–H groups in total. The number of nitrogens with one attached hydrogen (secondary N) is 1. The maximum absolute atomic E-state index is 13.7. The Hall–Kier alpha value is -3.35. The van der Waals surface area contributed by atoms with E-state index in [0.29, 0.717) is 12.3 Å². The molecule has 1 aromatic heterocycles. The predicted octanol–water partition coefficient (Wildman–Crippen LogP) is 2.73. The largest absolute Gasteiger partial charge is 0.443 e. The van der Waals surface area contributed by atoms with Crippen molar-refractivity contribution in [2.24, 2.45) is 5.92 Å². The quantitative estimate of drug-likeness (QED) is 0.362. The predicted molar refractivity (Wildman–Crippen MR) is 145 cm³/mol. The van der Waals surface area contributed by atoms with Crippen molar-refractivity contribution in [1.82, 2.24) is 14.6 Å². The van der Waals surface area contributed by atoms with Crippen LogP contribution in [0.2, 0.25) is 0 Å². The zero-order valence-electron chi connectivity index (χ0n) is 21.9. The van der Waals surface area contributed by atoms with Gasteiger partial charge in [0.1, 0.15) is 6.10 Å². The lowest BCUT2D eigenvalue weighted by Gasteiger charge is -2.30. The van der Waals surface area contributed by atoms with Crippen LogP contribution in [-0.4, -0.2) is 73.2 Å².